The number of rotatable bonds is 5. The monoisotopic (exact) mass is 426 g/mol. The van der Waals surface area contributed by atoms with E-state index in [1.807, 2.05) is 0 Å². The molecule has 0 unspecified atom stereocenters. The van der Waals surface area contributed by atoms with Crippen molar-refractivity contribution in [1.82, 2.24) is 4.90 Å². The summed E-state index contributed by atoms with van der Waals surface area (Å²) in [6.45, 7) is 3.67. The van der Waals surface area contributed by atoms with E-state index in [1.165, 1.54) is 25.0 Å². The Morgan fingerprint density at radius 2 is 1.75 bits per heavy atom. The SMILES string of the molecule is NS(=O)(=O)c1cc(Br)c(OCCN2CCCC2)c(Br)c1. The van der Waals surface area contributed by atoms with Crippen LogP contribution in [0.5, 0.6) is 5.75 Å². The van der Waals surface area contributed by atoms with Gasteiger partial charge in [-0.2, -0.15) is 0 Å². The third kappa shape index (κ3) is 4.17. The first-order valence-electron chi connectivity index (χ1n) is 6.25. The molecule has 0 aliphatic carbocycles. The summed E-state index contributed by atoms with van der Waals surface area (Å²) in [4.78, 5) is 2.39. The van der Waals surface area contributed by atoms with Crippen LogP contribution in [0.25, 0.3) is 0 Å². The van der Waals surface area contributed by atoms with Crippen LogP contribution in [0.3, 0.4) is 0 Å². The molecule has 0 atom stereocenters. The first-order valence-corrected chi connectivity index (χ1v) is 9.38. The van der Waals surface area contributed by atoms with E-state index in [0.717, 1.165) is 19.6 Å². The van der Waals surface area contributed by atoms with Gasteiger partial charge in [-0.05, 0) is 69.9 Å². The number of ether oxygens (including phenoxy) is 1. The van der Waals surface area contributed by atoms with Crippen molar-refractivity contribution in [3.63, 3.8) is 0 Å². The number of sulfonamides is 1. The van der Waals surface area contributed by atoms with E-state index >= 15 is 0 Å². The largest absolute Gasteiger partial charge is 0.490 e. The molecule has 1 saturated heterocycles. The number of hydrogen-bond acceptors (Lipinski definition) is 4. The molecule has 1 fully saturated rings. The predicted octanol–water partition coefficient (Wildman–Crippen LogP) is 2.33. The summed E-state index contributed by atoms with van der Waals surface area (Å²) in [7, 11) is -3.72. The van der Waals surface area contributed by atoms with Crippen molar-refractivity contribution in [2.75, 3.05) is 26.2 Å². The van der Waals surface area contributed by atoms with Gasteiger partial charge >= 0.3 is 0 Å². The van der Waals surface area contributed by atoms with Gasteiger partial charge < -0.3 is 4.74 Å². The van der Waals surface area contributed by atoms with Gasteiger partial charge in [-0.15, -0.1) is 0 Å². The maximum absolute atomic E-state index is 11.3. The third-order valence-electron chi connectivity index (χ3n) is 3.15. The fourth-order valence-electron chi connectivity index (χ4n) is 2.12. The molecule has 5 nitrogen and oxygen atoms in total. The molecule has 0 radical (unpaired) electrons. The quantitative estimate of drug-likeness (QED) is 0.782. The predicted molar refractivity (Wildman–Crippen MR) is 84.4 cm³/mol. The number of likely N-dealkylation sites (tertiary alicyclic amines) is 1. The molecule has 1 heterocycles. The summed E-state index contributed by atoms with van der Waals surface area (Å²) < 4.78 is 29.5. The Labute approximate surface area is 135 Å². The van der Waals surface area contributed by atoms with E-state index in [-0.39, 0.29) is 4.90 Å². The molecule has 0 bridgehead atoms. The molecule has 112 valence electrons. The highest BCUT2D eigenvalue weighted by atomic mass is 79.9. The van der Waals surface area contributed by atoms with Crippen molar-refractivity contribution in [3.8, 4) is 5.75 Å². The molecular weight excluding hydrogens is 412 g/mol. The van der Waals surface area contributed by atoms with Crippen LogP contribution in [-0.2, 0) is 10.0 Å². The van der Waals surface area contributed by atoms with E-state index in [0.29, 0.717) is 21.3 Å². The van der Waals surface area contributed by atoms with Crippen LogP contribution in [0.15, 0.2) is 26.0 Å². The highest BCUT2D eigenvalue weighted by Gasteiger charge is 2.16. The lowest BCUT2D eigenvalue weighted by Gasteiger charge is -2.16. The number of benzene rings is 1. The van der Waals surface area contributed by atoms with E-state index in [1.54, 1.807) is 0 Å². The highest BCUT2D eigenvalue weighted by Crippen LogP contribution is 2.35. The van der Waals surface area contributed by atoms with Crippen LogP contribution >= 0.6 is 31.9 Å². The van der Waals surface area contributed by atoms with Gasteiger partial charge in [0.1, 0.15) is 12.4 Å². The van der Waals surface area contributed by atoms with Gasteiger partial charge in [0.2, 0.25) is 10.0 Å². The van der Waals surface area contributed by atoms with Crippen molar-refractivity contribution < 1.29 is 13.2 Å². The summed E-state index contributed by atoms with van der Waals surface area (Å²) in [6, 6.07) is 2.90. The van der Waals surface area contributed by atoms with E-state index < -0.39 is 10.0 Å². The molecule has 1 aliphatic rings. The Kier molecular flexibility index (Phi) is 5.47. The van der Waals surface area contributed by atoms with Crippen LogP contribution in [-0.4, -0.2) is 39.6 Å². The van der Waals surface area contributed by atoms with Crippen molar-refractivity contribution in [2.24, 2.45) is 5.14 Å². The molecular formula is C12H16Br2N2O3S. The number of primary sulfonamides is 1. The second-order valence-electron chi connectivity index (χ2n) is 4.66. The zero-order chi connectivity index (χ0) is 14.8. The first-order chi connectivity index (χ1) is 9.38. The average Bonchev–Trinajstić information content (AvgIpc) is 2.84. The Morgan fingerprint density at radius 3 is 2.25 bits per heavy atom. The smallest absolute Gasteiger partial charge is 0.238 e. The molecule has 0 aromatic heterocycles. The molecule has 8 heteroatoms. The van der Waals surface area contributed by atoms with E-state index in [2.05, 4.69) is 36.8 Å². The van der Waals surface area contributed by atoms with Gasteiger partial charge in [-0.3, -0.25) is 4.90 Å². The number of nitrogens with zero attached hydrogens (tertiary/aromatic N) is 1. The van der Waals surface area contributed by atoms with Gasteiger partial charge in [-0.1, -0.05) is 0 Å². The van der Waals surface area contributed by atoms with Crippen LogP contribution < -0.4 is 9.88 Å². The zero-order valence-corrected chi connectivity index (χ0v) is 14.8. The van der Waals surface area contributed by atoms with Gasteiger partial charge in [-0.25, -0.2) is 13.6 Å². The van der Waals surface area contributed by atoms with Crippen LogP contribution in [0, 0.1) is 0 Å². The van der Waals surface area contributed by atoms with Crippen LogP contribution in [0.4, 0.5) is 0 Å². The number of halogens is 2. The summed E-state index contributed by atoms with van der Waals surface area (Å²) in [5.74, 6) is 0.594. The molecule has 2 N–H and O–H groups in total. The van der Waals surface area contributed by atoms with Crippen molar-refractivity contribution in [2.45, 2.75) is 17.7 Å². The van der Waals surface area contributed by atoms with Crippen molar-refractivity contribution in [1.29, 1.82) is 0 Å². The van der Waals surface area contributed by atoms with Crippen LogP contribution in [0.1, 0.15) is 12.8 Å². The molecule has 0 spiro atoms. The Morgan fingerprint density at radius 1 is 1.20 bits per heavy atom. The van der Waals surface area contributed by atoms with Crippen LogP contribution in [0.2, 0.25) is 0 Å². The lowest BCUT2D eigenvalue weighted by molar-refractivity contribution is 0.236. The van der Waals surface area contributed by atoms with Gasteiger partial charge in [0.25, 0.3) is 0 Å². The van der Waals surface area contributed by atoms with Gasteiger partial charge in [0, 0.05) is 6.54 Å². The molecule has 0 saturated carbocycles. The zero-order valence-electron chi connectivity index (χ0n) is 10.8. The summed E-state index contributed by atoms with van der Waals surface area (Å²) in [5.41, 5.74) is 0. The number of nitrogens with two attached hydrogens (primary N) is 1. The molecule has 20 heavy (non-hydrogen) atoms. The fourth-order valence-corrected chi connectivity index (χ4v) is 4.40. The topological polar surface area (TPSA) is 72.6 Å². The Bertz CT molecular complexity index is 563. The minimum atomic E-state index is -3.72. The minimum absolute atomic E-state index is 0.0446. The lowest BCUT2D eigenvalue weighted by atomic mass is 10.3. The minimum Gasteiger partial charge on any atom is -0.490 e. The maximum atomic E-state index is 11.3. The van der Waals surface area contributed by atoms with Crippen molar-refractivity contribution in [3.05, 3.63) is 21.1 Å². The Balaban J connectivity index is 2.04. The molecule has 2 rings (SSSR count). The van der Waals surface area contributed by atoms with Gasteiger partial charge in [0.15, 0.2) is 0 Å². The second-order valence-corrected chi connectivity index (χ2v) is 7.93. The number of hydrogen-bond donors (Lipinski definition) is 1. The normalized spacial score (nSPS) is 16.6. The van der Waals surface area contributed by atoms with Gasteiger partial charge in [0.05, 0.1) is 13.8 Å². The second kappa shape index (κ2) is 6.74. The fraction of sp³-hybridized carbons (Fsp3) is 0.500. The summed E-state index contributed by atoms with van der Waals surface area (Å²) in [5, 5.41) is 5.11. The summed E-state index contributed by atoms with van der Waals surface area (Å²) in [6.07, 6.45) is 2.49. The molecule has 1 aliphatic heterocycles. The lowest BCUT2D eigenvalue weighted by Crippen LogP contribution is -2.25. The Hall–Kier alpha value is -0.150. The standard InChI is InChI=1S/C12H16Br2N2O3S/c13-10-7-9(20(15,17)18)8-11(14)12(10)19-6-5-16-3-1-2-4-16/h7-8H,1-6H2,(H2,15,17,18). The van der Waals surface area contributed by atoms with E-state index in [4.69, 9.17) is 9.88 Å². The summed E-state index contributed by atoms with van der Waals surface area (Å²) >= 11 is 6.63. The molecule has 0 amide bonds. The molecule has 1 aromatic rings. The third-order valence-corrected chi connectivity index (χ3v) is 5.22. The van der Waals surface area contributed by atoms with Crippen molar-refractivity contribution >= 4 is 41.9 Å². The maximum Gasteiger partial charge on any atom is 0.238 e. The highest BCUT2D eigenvalue weighted by molar-refractivity contribution is 9.11. The van der Waals surface area contributed by atoms with E-state index in [9.17, 15) is 8.42 Å². The molecule has 1 aromatic carbocycles. The average molecular weight is 428 g/mol. The first kappa shape index (κ1) is 16.2.